The van der Waals surface area contributed by atoms with Crippen LogP contribution < -0.4 is 0 Å². The first kappa shape index (κ1) is 18.2. The number of rotatable bonds is 6. The Morgan fingerprint density at radius 1 is 1.35 bits per heavy atom. The summed E-state index contributed by atoms with van der Waals surface area (Å²) in [5, 5.41) is 13.4. The van der Waals surface area contributed by atoms with Gasteiger partial charge in [0.15, 0.2) is 0 Å². The SMILES string of the molecule is CCCn1ncc(C(=O)N2CCC(Cc3cccc(C(=O)O)c3)C2)c1C. The molecule has 0 radical (unpaired) electrons. The minimum absolute atomic E-state index is 0.0478. The second-order valence-electron chi connectivity index (χ2n) is 6.98. The predicted octanol–water partition coefficient (Wildman–Crippen LogP) is 3.00. The summed E-state index contributed by atoms with van der Waals surface area (Å²) >= 11 is 0. The van der Waals surface area contributed by atoms with Crippen LogP contribution in [0.3, 0.4) is 0 Å². The lowest BCUT2D eigenvalue weighted by Gasteiger charge is -2.16. The summed E-state index contributed by atoms with van der Waals surface area (Å²) in [5.41, 5.74) is 2.94. The monoisotopic (exact) mass is 355 g/mol. The van der Waals surface area contributed by atoms with Crippen molar-refractivity contribution in [3.63, 3.8) is 0 Å². The minimum atomic E-state index is -0.908. The number of hydrogen-bond acceptors (Lipinski definition) is 3. The van der Waals surface area contributed by atoms with Gasteiger partial charge in [-0.15, -0.1) is 0 Å². The Morgan fingerprint density at radius 3 is 2.88 bits per heavy atom. The van der Waals surface area contributed by atoms with Crippen LogP contribution >= 0.6 is 0 Å². The predicted molar refractivity (Wildman–Crippen MR) is 98.4 cm³/mol. The summed E-state index contributed by atoms with van der Waals surface area (Å²) in [4.78, 5) is 25.8. The topological polar surface area (TPSA) is 75.4 Å². The number of aromatic carboxylic acids is 1. The Hall–Kier alpha value is -2.63. The first-order valence-electron chi connectivity index (χ1n) is 9.13. The Kier molecular flexibility index (Phi) is 5.40. The van der Waals surface area contributed by atoms with Gasteiger partial charge in [0.1, 0.15) is 0 Å². The highest BCUT2D eigenvalue weighted by molar-refractivity contribution is 5.95. The van der Waals surface area contributed by atoms with Gasteiger partial charge in [-0.2, -0.15) is 5.10 Å². The molecular weight excluding hydrogens is 330 g/mol. The van der Waals surface area contributed by atoms with E-state index >= 15 is 0 Å². The molecule has 1 unspecified atom stereocenters. The van der Waals surface area contributed by atoms with Crippen LogP contribution in [-0.4, -0.2) is 44.8 Å². The molecule has 1 fully saturated rings. The number of carboxylic acids is 1. The van der Waals surface area contributed by atoms with Gasteiger partial charge >= 0.3 is 5.97 Å². The summed E-state index contributed by atoms with van der Waals surface area (Å²) in [6.45, 7) is 6.30. The molecule has 1 aromatic carbocycles. The molecule has 1 N–H and O–H groups in total. The first-order valence-corrected chi connectivity index (χ1v) is 9.13. The number of carbonyl (C=O) groups excluding carboxylic acids is 1. The highest BCUT2D eigenvalue weighted by Gasteiger charge is 2.29. The van der Waals surface area contributed by atoms with E-state index in [1.165, 1.54) is 0 Å². The quantitative estimate of drug-likeness (QED) is 0.864. The Balaban J connectivity index is 1.64. The normalized spacial score (nSPS) is 16.8. The van der Waals surface area contributed by atoms with Crippen LogP contribution in [0.2, 0.25) is 0 Å². The Bertz CT molecular complexity index is 812. The summed E-state index contributed by atoms with van der Waals surface area (Å²) < 4.78 is 1.89. The molecule has 0 aliphatic carbocycles. The minimum Gasteiger partial charge on any atom is -0.478 e. The molecule has 1 aliphatic rings. The molecular formula is C20H25N3O3. The van der Waals surface area contributed by atoms with Crippen molar-refractivity contribution < 1.29 is 14.7 Å². The number of likely N-dealkylation sites (tertiary alicyclic amines) is 1. The van der Waals surface area contributed by atoms with E-state index in [4.69, 9.17) is 5.11 Å². The largest absolute Gasteiger partial charge is 0.478 e. The summed E-state index contributed by atoms with van der Waals surface area (Å²) in [7, 11) is 0. The van der Waals surface area contributed by atoms with Gasteiger partial charge in [-0.05, 0) is 49.8 Å². The zero-order chi connectivity index (χ0) is 18.7. The van der Waals surface area contributed by atoms with Crippen molar-refractivity contribution in [1.82, 2.24) is 14.7 Å². The van der Waals surface area contributed by atoms with Gasteiger partial charge in [-0.1, -0.05) is 19.1 Å². The van der Waals surface area contributed by atoms with Crippen molar-refractivity contribution in [2.24, 2.45) is 5.92 Å². The zero-order valence-corrected chi connectivity index (χ0v) is 15.3. The maximum Gasteiger partial charge on any atom is 0.335 e. The van der Waals surface area contributed by atoms with E-state index in [0.29, 0.717) is 23.6 Å². The molecule has 0 bridgehead atoms. The number of carbonyl (C=O) groups is 2. The van der Waals surface area contributed by atoms with Gasteiger partial charge in [0, 0.05) is 25.3 Å². The molecule has 1 saturated heterocycles. The Labute approximate surface area is 153 Å². The van der Waals surface area contributed by atoms with Crippen molar-refractivity contribution in [2.45, 2.75) is 39.7 Å². The van der Waals surface area contributed by atoms with Crippen LogP contribution in [0.4, 0.5) is 0 Å². The number of amides is 1. The fraction of sp³-hybridized carbons (Fsp3) is 0.450. The first-order chi connectivity index (χ1) is 12.5. The zero-order valence-electron chi connectivity index (χ0n) is 15.3. The van der Waals surface area contributed by atoms with Gasteiger partial charge in [0.25, 0.3) is 5.91 Å². The molecule has 1 aromatic heterocycles. The van der Waals surface area contributed by atoms with Crippen LogP contribution in [-0.2, 0) is 13.0 Å². The van der Waals surface area contributed by atoms with E-state index in [9.17, 15) is 9.59 Å². The lowest BCUT2D eigenvalue weighted by atomic mass is 9.97. The molecule has 0 saturated carbocycles. The number of nitrogens with zero attached hydrogens (tertiary/aromatic N) is 3. The van der Waals surface area contributed by atoms with Gasteiger partial charge in [0.05, 0.1) is 17.3 Å². The van der Waals surface area contributed by atoms with E-state index in [1.54, 1.807) is 24.4 Å². The third-order valence-electron chi connectivity index (χ3n) is 5.04. The van der Waals surface area contributed by atoms with Crippen LogP contribution in [0.1, 0.15) is 51.7 Å². The lowest BCUT2D eigenvalue weighted by Crippen LogP contribution is -2.29. The third-order valence-corrected chi connectivity index (χ3v) is 5.04. The van der Waals surface area contributed by atoms with Crippen LogP contribution in [0.5, 0.6) is 0 Å². The molecule has 1 atom stereocenters. The standard InChI is InChI=1S/C20H25N3O3/c1-3-8-23-14(2)18(12-21-23)19(24)22-9-7-16(13-22)10-15-5-4-6-17(11-15)20(25)26/h4-6,11-12,16H,3,7-10,13H2,1-2H3,(H,25,26). The number of hydrogen-bond donors (Lipinski definition) is 1. The number of aryl methyl sites for hydroxylation is 1. The van der Waals surface area contributed by atoms with E-state index in [2.05, 4.69) is 12.0 Å². The summed E-state index contributed by atoms with van der Waals surface area (Å²) in [5.74, 6) is -0.504. The highest BCUT2D eigenvalue weighted by Crippen LogP contribution is 2.24. The molecule has 1 aliphatic heterocycles. The van der Waals surface area contributed by atoms with Gasteiger partial charge < -0.3 is 10.0 Å². The van der Waals surface area contributed by atoms with Crippen LogP contribution in [0, 0.1) is 12.8 Å². The highest BCUT2D eigenvalue weighted by atomic mass is 16.4. The van der Waals surface area contributed by atoms with Gasteiger partial charge in [0.2, 0.25) is 0 Å². The second-order valence-corrected chi connectivity index (χ2v) is 6.98. The molecule has 3 rings (SSSR count). The van der Waals surface area contributed by atoms with Crippen LogP contribution in [0.25, 0.3) is 0 Å². The van der Waals surface area contributed by atoms with Gasteiger partial charge in [-0.3, -0.25) is 9.48 Å². The molecule has 138 valence electrons. The average Bonchev–Trinajstić information content (AvgIpc) is 3.23. The Morgan fingerprint density at radius 2 is 2.15 bits per heavy atom. The number of carboxylic acid groups (broad SMARTS) is 1. The van der Waals surface area contributed by atoms with Crippen molar-refractivity contribution in [2.75, 3.05) is 13.1 Å². The summed E-state index contributed by atoms with van der Waals surface area (Å²) in [6.07, 6.45) is 4.39. The van der Waals surface area contributed by atoms with Crippen LogP contribution in [0.15, 0.2) is 30.5 Å². The van der Waals surface area contributed by atoms with Crippen molar-refractivity contribution in [3.05, 3.63) is 52.8 Å². The second kappa shape index (κ2) is 7.72. The smallest absolute Gasteiger partial charge is 0.335 e. The van der Waals surface area contributed by atoms with E-state index in [0.717, 1.165) is 43.6 Å². The van der Waals surface area contributed by atoms with Crippen molar-refractivity contribution >= 4 is 11.9 Å². The average molecular weight is 355 g/mol. The third kappa shape index (κ3) is 3.79. The fourth-order valence-corrected chi connectivity index (χ4v) is 3.61. The molecule has 1 amide bonds. The lowest BCUT2D eigenvalue weighted by molar-refractivity contribution is 0.0696. The molecule has 26 heavy (non-hydrogen) atoms. The molecule has 6 nitrogen and oxygen atoms in total. The summed E-state index contributed by atoms with van der Waals surface area (Å²) in [6, 6.07) is 7.07. The van der Waals surface area contributed by atoms with E-state index in [-0.39, 0.29) is 5.91 Å². The molecule has 2 aromatic rings. The van der Waals surface area contributed by atoms with Crippen molar-refractivity contribution in [1.29, 1.82) is 0 Å². The van der Waals surface area contributed by atoms with Gasteiger partial charge in [-0.25, -0.2) is 4.79 Å². The van der Waals surface area contributed by atoms with E-state index in [1.807, 2.05) is 22.6 Å². The molecule has 6 heteroatoms. The molecule has 2 heterocycles. The number of benzene rings is 1. The fourth-order valence-electron chi connectivity index (χ4n) is 3.61. The maximum atomic E-state index is 12.8. The maximum absolute atomic E-state index is 12.8. The number of aromatic nitrogens is 2. The van der Waals surface area contributed by atoms with E-state index < -0.39 is 5.97 Å². The van der Waals surface area contributed by atoms with Crippen molar-refractivity contribution in [3.8, 4) is 0 Å². The molecule has 0 spiro atoms.